The van der Waals surface area contributed by atoms with Crippen LogP contribution in [0.25, 0.3) is 0 Å². The van der Waals surface area contributed by atoms with E-state index in [0.717, 1.165) is 38.9 Å². The topological polar surface area (TPSA) is 81.2 Å². The maximum atomic E-state index is 5.47. The summed E-state index contributed by atoms with van der Waals surface area (Å²) in [6.45, 7) is 10.2. The first-order valence-electron chi connectivity index (χ1n) is 8.29. The molecular weight excluding hydrogens is 294 g/mol. The summed E-state index contributed by atoms with van der Waals surface area (Å²) in [6, 6.07) is 0. The standard InChI is InChI=1S/C16H29N5O2/c1-4-7-10-22-12-17-15-19-14(9-6-3)20-16(21-15)18-13-23-11-8-5-2/h6H,3-5,7-13H2,1-2H3,(H2,17,18,19,20,21). The molecule has 130 valence electrons. The van der Waals surface area contributed by atoms with E-state index in [1.165, 1.54) is 0 Å². The fraction of sp³-hybridized carbons (Fsp3) is 0.688. The molecule has 0 spiro atoms. The van der Waals surface area contributed by atoms with Crippen LogP contribution in [0.2, 0.25) is 0 Å². The molecule has 7 heteroatoms. The number of nitrogens with one attached hydrogen (secondary N) is 2. The summed E-state index contributed by atoms with van der Waals surface area (Å²) in [4.78, 5) is 13.0. The monoisotopic (exact) mass is 323 g/mol. The average Bonchev–Trinajstić information content (AvgIpc) is 2.55. The van der Waals surface area contributed by atoms with Gasteiger partial charge in [0.25, 0.3) is 0 Å². The molecule has 0 saturated heterocycles. The van der Waals surface area contributed by atoms with Gasteiger partial charge in [-0.15, -0.1) is 6.58 Å². The van der Waals surface area contributed by atoms with E-state index in [1.807, 2.05) is 0 Å². The second kappa shape index (κ2) is 12.8. The van der Waals surface area contributed by atoms with Crippen molar-refractivity contribution in [1.82, 2.24) is 15.0 Å². The Morgan fingerprint density at radius 2 is 1.43 bits per heavy atom. The number of hydrogen-bond acceptors (Lipinski definition) is 7. The third-order valence-electron chi connectivity index (χ3n) is 2.96. The number of aromatic nitrogens is 3. The smallest absolute Gasteiger partial charge is 0.229 e. The van der Waals surface area contributed by atoms with Gasteiger partial charge in [-0.2, -0.15) is 15.0 Å². The highest BCUT2D eigenvalue weighted by atomic mass is 16.5. The summed E-state index contributed by atoms with van der Waals surface area (Å²) in [5.41, 5.74) is 0. The molecule has 23 heavy (non-hydrogen) atoms. The molecule has 7 nitrogen and oxygen atoms in total. The molecule has 0 aliphatic heterocycles. The van der Waals surface area contributed by atoms with Crippen molar-refractivity contribution in [1.29, 1.82) is 0 Å². The Morgan fingerprint density at radius 1 is 0.913 bits per heavy atom. The number of ether oxygens (including phenoxy) is 2. The first kappa shape index (κ1) is 19.3. The van der Waals surface area contributed by atoms with Gasteiger partial charge in [-0.1, -0.05) is 32.8 Å². The van der Waals surface area contributed by atoms with Crippen molar-refractivity contribution in [2.75, 3.05) is 37.3 Å². The third-order valence-corrected chi connectivity index (χ3v) is 2.96. The van der Waals surface area contributed by atoms with Crippen molar-refractivity contribution in [3.05, 3.63) is 18.5 Å². The highest BCUT2D eigenvalue weighted by Crippen LogP contribution is 2.06. The molecule has 0 saturated carbocycles. The summed E-state index contributed by atoms with van der Waals surface area (Å²) in [6.07, 6.45) is 6.66. The van der Waals surface area contributed by atoms with E-state index in [9.17, 15) is 0 Å². The Kier molecular flexibility index (Phi) is 10.7. The van der Waals surface area contributed by atoms with Crippen LogP contribution in [0.15, 0.2) is 12.7 Å². The SMILES string of the molecule is C=CCc1nc(NCOCCCC)nc(NCOCCCC)n1. The molecule has 1 aromatic rings. The zero-order valence-electron chi connectivity index (χ0n) is 14.3. The quantitative estimate of drug-likeness (QED) is 0.309. The van der Waals surface area contributed by atoms with Crippen LogP contribution in [0, 0.1) is 0 Å². The molecule has 1 heterocycles. The molecule has 0 aliphatic rings. The van der Waals surface area contributed by atoms with Crippen LogP contribution in [-0.4, -0.2) is 41.6 Å². The van der Waals surface area contributed by atoms with Gasteiger partial charge in [-0.05, 0) is 12.8 Å². The number of rotatable bonds is 14. The van der Waals surface area contributed by atoms with Crippen molar-refractivity contribution in [3.8, 4) is 0 Å². The summed E-state index contributed by atoms with van der Waals surface area (Å²) in [7, 11) is 0. The van der Waals surface area contributed by atoms with E-state index in [1.54, 1.807) is 6.08 Å². The largest absolute Gasteiger partial charge is 0.361 e. The van der Waals surface area contributed by atoms with Crippen LogP contribution in [-0.2, 0) is 15.9 Å². The summed E-state index contributed by atoms with van der Waals surface area (Å²) < 4.78 is 10.9. The van der Waals surface area contributed by atoms with Crippen LogP contribution < -0.4 is 10.6 Å². The van der Waals surface area contributed by atoms with Crippen LogP contribution in [0.3, 0.4) is 0 Å². The first-order chi connectivity index (χ1) is 11.3. The van der Waals surface area contributed by atoms with Crippen molar-refractivity contribution in [3.63, 3.8) is 0 Å². The lowest BCUT2D eigenvalue weighted by Gasteiger charge is -2.10. The summed E-state index contributed by atoms with van der Waals surface area (Å²) >= 11 is 0. The number of anilines is 2. The fourth-order valence-electron chi connectivity index (χ4n) is 1.67. The average molecular weight is 323 g/mol. The van der Waals surface area contributed by atoms with E-state index in [-0.39, 0.29) is 0 Å². The van der Waals surface area contributed by atoms with Gasteiger partial charge in [0.15, 0.2) is 0 Å². The zero-order chi connectivity index (χ0) is 16.8. The fourth-order valence-corrected chi connectivity index (χ4v) is 1.67. The van der Waals surface area contributed by atoms with Gasteiger partial charge in [0.1, 0.15) is 19.3 Å². The van der Waals surface area contributed by atoms with Gasteiger partial charge in [0.05, 0.1) is 0 Å². The number of allylic oxidation sites excluding steroid dienone is 1. The first-order valence-corrected chi connectivity index (χ1v) is 8.29. The van der Waals surface area contributed by atoms with Crippen molar-refractivity contribution in [2.45, 2.75) is 46.0 Å². The van der Waals surface area contributed by atoms with E-state index in [4.69, 9.17) is 9.47 Å². The number of hydrogen-bond donors (Lipinski definition) is 2. The predicted octanol–water partition coefficient (Wildman–Crippen LogP) is 2.97. The van der Waals surface area contributed by atoms with Gasteiger partial charge < -0.3 is 20.1 Å². The molecule has 0 aliphatic carbocycles. The van der Waals surface area contributed by atoms with Gasteiger partial charge in [0, 0.05) is 19.6 Å². The summed E-state index contributed by atoms with van der Waals surface area (Å²) in [5, 5.41) is 6.11. The van der Waals surface area contributed by atoms with Gasteiger partial charge in [-0.25, -0.2) is 0 Å². The molecule has 0 atom stereocenters. The van der Waals surface area contributed by atoms with E-state index >= 15 is 0 Å². The molecule has 0 fully saturated rings. The molecule has 1 aromatic heterocycles. The molecule has 0 radical (unpaired) electrons. The maximum Gasteiger partial charge on any atom is 0.229 e. The molecule has 0 bridgehead atoms. The van der Waals surface area contributed by atoms with Crippen LogP contribution in [0.1, 0.15) is 45.4 Å². The Morgan fingerprint density at radius 3 is 1.87 bits per heavy atom. The predicted molar refractivity (Wildman–Crippen MR) is 92.4 cm³/mol. The van der Waals surface area contributed by atoms with E-state index in [2.05, 4.69) is 46.0 Å². The van der Waals surface area contributed by atoms with E-state index in [0.29, 0.717) is 37.6 Å². The molecule has 0 aromatic carbocycles. The molecule has 2 N–H and O–H groups in total. The third kappa shape index (κ3) is 9.10. The molecular formula is C16H29N5O2. The van der Waals surface area contributed by atoms with Gasteiger partial charge >= 0.3 is 0 Å². The minimum Gasteiger partial charge on any atom is -0.361 e. The Balaban J connectivity index is 2.50. The lowest BCUT2D eigenvalue weighted by atomic mass is 10.4. The lowest BCUT2D eigenvalue weighted by molar-refractivity contribution is 0.148. The normalized spacial score (nSPS) is 10.5. The highest BCUT2D eigenvalue weighted by Gasteiger charge is 2.05. The lowest BCUT2D eigenvalue weighted by Crippen LogP contribution is -2.15. The maximum absolute atomic E-state index is 5.47. The number of nitrogens with zero attached hydrogens (tertiary/aromatic N) is 3. The zero-order valence-corrected chi connectivity index (χ0v) is 14.3. The van der Waals surface area contributed by atoms with Gasteiger partial charge in [-0.3, -0.25) is 0 Å². The minimum absolute atomic E-state index is 0.379. The van der Waals surface area contributed by atoms with Crippen LogP contribution in [0.4, 0.5) is 11.9 Å². The van der Waals surface area contributed by atoms with Crippen LogP contribution >= 0.6 is 0 Å². The van der Waals surface area contributed by atoms with Crippen molar-refractivity contribution < 1.29 is 9.47 Å². The Labute approximate surface area is 138 Å². The molecule has 0 amide bonds. The molecule has 0 unspecified atom stereocenters. The molecule has 1 rings (SSSR count). The number of unbranched alkanes of at least 4 members (excludes halogenated alkanes) is 2. The highest BCUT2D eigenvalue weighted by molar-refractivity contribution is 5.34. The van der Waals surface area contributed by atoms with Crippen LogP contribution in [0.5, 0.6) is 0 Å². The second-order valence-electron chi connectivity index (χ2n) is 5.06. The van der Waals surface area contributed by atoms with E-state index < -0.39 is 0 Å². The van der Waals surface area contributed by atoms with Crippen molar-refractivity contribution >= 4 is 11.9 Å². The van der Waals surface area contributed by atoms with Crippen molar-refractivity contribution in [2.24, 2.45) is 0 Å². The van der Waals surface area contributed by atoms with Gasteiger partial charge in [0.2, 0.25) is 11.9 Å². The second-order valence-corrected chi connectivity index (χ2v) is 5.06. The Hall–Kier alpha value is -1.73. The minimum atomic E-state index is 0.379. The summed E-state index contributed by atoms with van der Waals surface area (Å²) in [5.74, 6) is 1.64. The Bertz CT molecular complexity index is 410.